The molecule has 2 N–H and O–H groups in total. The summed E-state index contributed by atoms with van der Waals surface area (Å²) in [6.07, 6.45) is 0.891. The molecule has 0 saturated carbocycles. The summed E-state index contributed by atoms with van der Waals surface area (Å²) in [5.41, 5.74) is 6.67. The lowest BCUT2D eigenvalue weighted by Gasteiger charge is -2.42. The first-order valence-electron chi connectivity index (χ1n) is 6.40. The molecule has 0 amide bonds. The molecule has 3 nitrogen and oxygen atoms in total. The van der Waals surface area contributed by atoms with E-state index < -0.39 is 0 Å². The van der Waals surface area contributed by atoms with Crippen LogP contribution in [0.4, 0.5) is 10.1 Å². The van der Waals surface area contributed by atoms with Crippen molar-refractivity contribution in [2.24, 2.45) is 11.7 Å². The maximum Gasteiger partial charge on any atom is 0.146 e. The van der Waals surface area contributed by atoms with E-state index in [4.69, 9.17) is 10.5 Å². The zero-order valence-electron chi connectivity index (χ0n) is 11.2. The van der Waals surface area contributed by atoms with Gasteiger partial charge in [-0.1, -0.05) is 6.92 Å². The molecule has 0 aliphatic carbocycles. The number of rotatable bonds is 2. The minimum atomic E-state index is -0.203. The Morgan fingerprint density at radius 1 is 1.39 bits per heavy atom. The smallest absolute Gasteiger partial charge is 0.146 e. The third kappa shape index (κ3) is 2.29. The number of methoxy groups -OCH3 is 1. The van der Waals surface area contributed by atoms with Crippen LogP contribution in [0, 0.1) is 11.7 Å². The summed E-state index contributed by atoms with van der Waals surface area (Å²) < 4.78 is 19.1. The molecule has 1 aromatic rings. The van der Waals surface area contributed by atoms with Crippen LogP contribution in [-0.2, 0) is 0 Å². The Morgan fingerprint density at radius 2 is 2.11 bits per heavy atom. The third-order valence-electron chi connectivity index (χ3n) is 4.09. The topological polar surface area (TPSA) is 38.5 Å². The first kappa shape index (κ1) is 13.1. The molecule has 3 atom stereocenters. The van der Waals surface area contributed by atoms with Gasteiger partial charge in [-0.05, 0) is 31.4 Å². The van der Waals surface area contributed by atoms with Crippen molar-refractivity contribution in [3.8, 4) is 5.75 Å². The number of anilines is 1. The minimum Gasteiger partial charge on any atom is -0.497 e. The molecule has 1 fully saturated rings. The minimum absolute atomic E-state index is 0.199. The third-order valence-corrected chi connectivity index (χ3v) is 4.09. The van der Waals surface area contributed by atoms with Crippen LogP contribution in [-0.4, -0.2) is 25.7 Å². The highest BCUT2D eigenvalue weighted by Gasteiger charge is 2.31. The highest BCUT2D eigenvalue weighted by atomic mass is 19.1. The lowest BCUT2D eigenvalue weighted by Crippen LogP contribution is -2.52. The fraction of sp³-hybridized carbons (Fsp3) is 0.571. The number of halogens is 1. The van der Waals surface area contributed by atoms with Gasteiger partial charge in [0.05, 0.1) is 12.8 Å². The molecule has 100 valence electrons. The summed E-state index contributed by atoms with van der Waals surface area (Å²) in [5.74, 6) is 0.829. The molecule has 1 aromatic carbocycles. The van der Waals surface area contributed by atoms with E-state index in [1.165, 1.54) is 6.07 Å². The van der Waals surface area contributed by atoms with E-state index in [9.17, 15) is 4.39 Å². The summed E-state index contributed by atoms with van der Waals surface area (Å²) in [7, 11) is 1.59. The van der Waals surface area contributed by atoms with E-state index in [0.29, 0.717) is 17.4 Å². The van der Waals surface area contributed by atoms with Gasteiger partial charge >= 0.3 is 0 Å². The summed E-state index contributed by atoms with van der Waals surface area (Å²) in [5, 5.41) is 0. The Labute approximate surface area is 108 Å². The molecule has 0 radical (unpaired) electrons. The van der Waals surface area contributed by atoms with Gasteiger partial charge < -0.3 is 15.4 Å². The van der Waals surface area contributed by atoms with Gasteiger partial charge in [-0.15, -0.1) is 0 Å². The van der Waals surface area contributed by atoms with Crippen molar-refractivity contribution in [1.82, 2.24) is 0 Å². The highest BCUT2D eigenvalue weighted by Crippen LogP contribution is 2.32. The second kappa shape index (κ2) is 5.14. The second-order valence-electron chi connectivity index (χ2n) is 5.06. The number of benzene rings is 1. The first-order chi connectivity index (χ1) is 8.54. The zero-order chi connectivity index (χ0) is 13.3. The molecular weight excluding hydrogens is 231 g/mol. The van der Waals surface area contributed by atoms with Gasteiger partial charge in [0, 0.05) is 24.7 Å². The molecule has 4 heteroatoms. The van der Waals surface area contributed by atoms with Gasteiger partial charge in [0.25, 0.3) is 0 Å². The van der Waals surface area contributed by atoms with Crippen molar-refractivity contribution in [2.45, 2.75) is 32.4 Å². The van der Waals surface area contributed by atoms with Crippen molar-refractivity contribution in [3.63, 3.8) is 0 Å². The number of ether oxygens (including phenoxy) is 1. The SMILES string of the molecule is COc1ccc(F)c(N2CCC(N)C(C)C2C)c1. The van der Waals surface area contributed by atoms with Crippen molar-refractivity contribution in [2.75, 3.05) is 18.6 Å². The normalized spacial score (nSPS) is 28.3. The number of nitrogens with zero attached hydrogens (tertiary/aromatic N) is 1. The van der Waals surface area contributed by atoms with E-state index in [2.05, 4.69) is 18.7 Å². The van der Waals surface area contributed by atoms with Crippen LogP contribution in [0.1, 0.15) is 20.3 Å². The molecule has 18 heavy (non-hydrogen) atoms. The van der Waals surface area contributed by atoms with Gasteiger partial charge in [0.2, 0.25) is 0 Å². The molecule has 1 aliphatic rings. The Balaban J connectivity index is 2.30. The van der Waals surface area contributed by atoms with Crippen molar-refractivity contribution in [1.29, 1.82) is 0 Å². The standard InChI is InChI=1S/C14H21FN2O/c1-9-10(2)17(7-6-13(9)16)14-8-11(18-3)4-5-12(14)15/h4-5,8-10,13H,6-7,16H2,1-3H3. The average molecular weight is 252 g/mol. The van der Waals surface area contributed by atoms with Gasteiger partial charge in [-0.3, -0.25) is 0 Å². The van der Waals surface area contributed by atoms with Crippen LogP contribution in [0.2, 0.25) is 0 Å². The number of hydrogen-bond acceptors (Lipinski definition) is 3. The number of piperidine rings is 1. The molecule has 0 bridgehead atoms. The van der Waals surface area contributed by atoms with E-state index in [0.717, 1.165) is 13.0 Å². The first-order valence-corrected chi connectivity index (χ1v) is 6.40. The van der Waals surface area contributed by atoms with Crippen molar-refractivity contribution < 1.29 is 9.13 Å². The lowest BCUT2D eigenvalue weighted by molar-refractivity contribution is 0.313. The maximum absolute atomic E-state index is 14.0. The van der Waals surface area contributed by atoms with Gasteiger partial charge in [-0.2, -0.15) is 0 Å². The van der Waals surface area contributed by atoms with Crippen LogP contribution < -0.4 is 15.4 Å². The van der Waals surface area contributed by atoms with Crippen LogP contribution in [0.15, 0.2) is 18.2 Å². The Bertz CT molecular complexity index is 424. The van der Waals surface area contributed by atoms with E-state index in [-0.39, 0.29) is 17.9 Å². The fourth-order valence-electron chi connectivity index (χ4n) is 2.58. The van der Waals surface area contributed by atoms with Gasteiger partial charge in [0.15, 0.2) is 0 Å². The molecule has 1 saturated heterocycles. The Hall–Kier alpha value is -1.29. The molecule has 3 unspecified atom stereocenters. The van der Waals surface area contributed by atoms with E-state index in [1.54, 1.807) is 19.2 Å². The summed E-state index contributed by atoms with van der Waals surface area (Å²) in [6, 6.07) is 5.29. The molecule has 1 heterocycles. The molecule has 0 spiro atoms. The molecular formula is C14H21FN2O. The molecule has 2 rings (SSSR count). The van der Waals surface area contributed by atoms with Gasteiger partial charge in [-0.25, -0.2) is 4.39 Å². The average Bonchev–Trinajstić information content (AvgIpc) is 2.37. The highest BCUT2D eigenvalue weighted by molar-refractivity contribution is 5.53. The van der Waals surface area contributed by atoms with Crippen LogP contribution >= 0.6 is 0 Å². The number of hydrogen-bond donors (Lipinski definition) is 1. The molecule has 1 aliphatic heterocycles. The second-order valence-corrected chi connectivity index (χ2v) is 5.06. The monoisotopic (exact) mass is 252 g/mol. The Kier molecular flexibility index (Phi) is 3.76. The predicted octanol–water partition coefficient (Wildman–Crippen LogP) is 2.40. The van der Waals surface area contributed by atoms with Crippen molar-refractivity contribution in [3.05, 3.63) is 24.0 Å². The van der Waals surface area contributed by atoms with Crippen molar-refractivity contribution >= 4 is 5.69 Å². The maximum atomic E-state index is 14.0. The van der Waals surface area contributed by atoms with Crippen LogP contribution in [0.3, 0.4) is 0 Å². The number of nitrogens with two attached hydrogens (primary N) is 1. The van der Waals surface area contributed by atoms with E-state index in [1.807, 2.05) is 0 Å². The summed E-state index contributed by atoms with van der Waals surface area (Å²) in [6.45, 7) is 5.01. The van der Waals surface area contributed by atoms with E-state index >= 15 is 0 Å². The summed E-state index contributed by atoms with van der Waals surface area (Å²) >= 11 is 0. The van der Waals surface area contributed by atoms with Gasteiger partial charge in [0.1, 0.15) is 11.6 Å². The Morgan fingerprint density at radius 3 is 2.78 bits per heavy atom. The quantitative estimate of drug-likeness (QED) is 0.878. The zero-order valence-corrected chi connectivity index (χ0v) is 11.2. The van der Waals surface area contributed by atoms with Crippen LogP contribution in [0.5, 0.6) is 5.75 Å². The summed E-state index contributed by atoms with van der Waals surface area (Å²) in [4.78, 5) is 2.09. The predicted molar refractivity (Wildman–Crippen MR) is 71.5 cm³/mol. The largest absolute Gasteiger partial charge is 0.497 e. The fourth-order valence-corrected chi connectivity index (χ4v) is 2.58. The van der Waals surface area contributed by atoms with Crippen LogP contribution in [0.25, 0.3) is 0 Å². The molecule has 0 aromatic heterocycles. The lowest BCUT2D eigenvalue weighted by atomic mass is 9.87.